The van der Waals surface area contributed by atoms with E-state index < -0.39 is 0 Å². The van der Waals surface area contributed by atoms with Crippen molar-refractivity contribution in [2.75, 3.05) is 19.8 Å². The smallest absolute Gasteiger partial charge is 0.240 e. The SMILES string of the molecule is CC1CCCC(C(=O)N2CCOCC2(C)C)N1. The van der Waals surface area contributed by atoms with Gasteiger partial charge in [-0.15, -0.1) is 0 Å². The number of amides is 1. The lowest BCUT2D eigenvalue weighted by atomic mass is 9.95. The van der Waals surface area contributed by atoms with E-state index >= 15 is 0 Å². The molecule has 0 saturated carbocycles. The quantitative estimate of drug-likeness (QED) is 0.747. The fourth-order valence-electron chi connectivity index (χ4n) is 2.79. The van der Waals surface area contributed by atoms with Gasteiger partial charge in [-0.3, -0.25) is 4.79 Å². The highest BCUT2D eigenvalue weighted by Crippen LogP contribution is 2.22. The number of piperidine rings is 1. The van der Waals surface area contributed by atoms with E-state index in [0.29, 0.717) is 19.3 Å². The zero-order valence-electron chi connectivity index (χ0n) is 11.2. The Bertz CT molecular complexity index is 291. The number of hydrogen-bond donors (Lipinski definition) is 1. The van der Waals surface area contributed by atoms with Crippen molar-refractivity contribution in [3.05, 3.63) is 0 Å². The zero-order chi connectivity index (χ0) is 12.5. The molecule has 2 unspecified atom stereocenters. The van der Waals surface area contributed by atoms with Gasteiger partial charge >= 0.3 is 0 Å². The summed E-state index contributed by atoms with van der Waals surface area (Å²) < 4.78 is 5.46. The molecule has 0 bridgehead atoms. The third-order valence-corrected chi connectivity index (χ3v) is 3.82. The Morgan fingerprint density at radius 3 is 2.82 bits per heavy atom. The summed E-state index contributed by atoms with van der Waals surface area (Å²) in [7, 11) is 0. The summed E-state index contributed by atoms with van der Waals surface area (Å²) in [5.41, 5.74) is -0.169. The molecule has 98 valence electrons. The van der Waals surface area contributed by atoms with Crippen LogP contribution in [0.1, 0.15) is 40.0 Å². The number of morpholine rings is 1. The maximum absolute atomic E-state index is 12.5. The Hall–Kier alpha value is -0.610. The summed E-state index contributed by atoms with van der Waals surface area (Å²) in [6.45, 7) is 8.34. The van der Waals surface area contributed by atoms with Gasteiger partial charge < -0.3 is 15.0 Å². The number of hydrogen-bond acceptors (Lipinski definition) is 3. The minimum Gasteiger partial charge on any atom is -0.377 e. The first-order chi connectivity index (χ1) is 8.00. The first kappa shape index (κ1) is 12.8. The molecule has 2 aliphatic heterocycles. The van der Waals surface area contributed by atoms with E-state index in [2.05, 4.69) is 26.1 Å². The lowest BCUT2D eigenvalue weighted by molar-refractivity contribution is -0.149. The van der Waals surface area contributed by atoms with E-state index in [0.717, 1.165) is 19.4 Å². The van der Waals surface area contributed by atoms with E-state index in [4.69, 9.17) is 4.74 Å². The molecule has 0 aromatic carbocycles. The van der Waals surface area contributed by atoms with Crippen LogP contribution in [0.15, 0.2) is 0 Å². The van der Waals surface area contributed by atoms with E-state index in [1.165, 1.54) is 6.42 Å². The minimum atomic E-state index is -0.169. The fraction of sp³-hybridized carbons (Fsp3) is 0.923. The summed E-state index contributed by atoms with van der Waals surface area (Å²) in [6.07, 6.45) is 3.29. The minimum absolute atomic E-state index is 0.0103. The predicted molar refractivity (Wildman–Crippen MR) is 66.8 cm³/mol. The van der Waals surface area contributed by atoms with Crippen molar-refractivity contribution in [2.45, 2.75) is 57.7 Å². The summed E-state index contributed by atoms with van der Waals surface area (Å²) in [6, 6.07) is 0.470. The van der Waals surface area contributed by atoms with Crippen molar-refractivity contribution < 1.29 is 9.53 Å². The van der Waals surface area contributed by atoms with Gasteiger partial charge in [0, 0.05) is 12.6 Å². The number of carbonyl (C=O) groups is 1. The summed E-state index contributed by atoms with van der Waals surface area (Å²) >= 11 is 0. The second-order valence-corrected chi connectivity index (χ2v) is 5.91. The molecule has 2 heterocycles. The molecule has 17 heavy (non-hydrogen) atoms. The van der Waals surface area contributed by atoms with Crippen LogP contribution >= 0.6 is 0 Å². The highest BCUT2D eigenvalue weighted by molar-refractivity contribution is 5.82. The molecule has 2 rings (SSSR count). The monoisotopic (exact) mass is 240 g/mol. The zero-order valence-corrected chi connectivity index (χ0v) is 11.2. The van der Waals surface area contributed by atoms with E-state index in [1.807, 2.05) is 4.90 Å². The Morgan fingerprint density at radius 1 is 1.41 bits per heavy atom. The van der Waals surface area contributed by atoms with Crippen molar-refractivity contribution in [3.63, 3.8) is 0 Å². The predicted octanol–water partition coefficient (Wildman–Crippen LogP) is 1.15. The number of nitrogens with zero attached hydrogens (tertiary/aromatic N) is 1. The van der Waals surface area contributed by atoms with Gasteiger partial charge in [-0.05, 0) is 40.0 Å². The van der Waals surface area contributed by atoms with Crippen LogP contribution in [0.5, 0.6) is 0 Å². The third-order valence-electron chi connectivity index (χ3n) is 3.82. The molecule has 2 aliphatic rings. The van der Waals surface area contributed by atoms with Crippen LogP contribution in [0.3, 0.4) is 0 Å². The molecular formula is C13H24N2O2. The van der Waals surface area contributed by atoms with Crippen LogP contribution < -0.4 is 5.32 Å². The van der Waals surface area contributed by atoms with Crippen molar-refractivity contribution in [1.29, 1.82) is 0 Å². The van der Waals surface area contributed by atoms with Gasteiger partial charge in [0.05, 0.1) is 24.8 Å². The standard InChI is InChI=1S/C13H24N2O2/c1-10-5-4-6-11(14-10)12(16)15-7-8-17-9-13(15,2)3/h10-11,14H,4-9H2,1-3H3. The number of ether oxygens (including phenoxy) is 1. The first-order valence-electron chi connectivity index (χ1n) is 6.66. The number of rotatable bonds is 1. The van der Waals surface area contributed by atoms with Gasteiger partial charge in [-0.2, -0.15) is 0 Å². The van der Waals surface area contributed by atoms with Crippen molar-refractivity contribution in [1.82, 2.24) is 10.2 Å². The Labute approximate surface area is 104 Å². The second-order valence-electron chi connectivity index (χ2n) is 5.91. The van der Waals surface area contributed by atoms with Crippen LogP contribution in [-0.4, -0.2) is 48.2 Å². The van der Waals surface area contributed by atoms with Crippen LogP contribution in [0, 0.1) is 0 Å². The Kier molecular flexibility index (Phi) is 3.73. The number of nitrogens with one attached hydrogen (secondary N) is 1. The number of carbonyl (C=O) groups excluding carboxylic acids is 1. The van der Waals surface area contributed by atoms with Gasteiger partial charge in [0.2, 0.25) is 5.91 Å². The van der Waals surface area contributed by atoms with Gasteiger partial charge in [-0.25, -0.2) is 0 Å². The third kappa shape index (κ3) is 2.80. The maximum atomic E-state index is 12.5. The molecule has 2 fully saturated rings. The van der Waals surface area contributed by atoms with Gasteiger partial charge in [0.25, 0.3) is 0 Å². The highest BCUT2D eigenvalue weighted by atomic mass is 16.5. The van der Waals surface area contributed by atoms with Crippen LogP contribution in [-0.2, 0) is 9.53 Å². The lowest BCUT2D eigenvalue weighted by Gasteiger charge is -2.44. The van der Waals surface area contributed by atoms with E-state index in [1.54, 1.807) is 0 Å². The van der Waals surface area contributed by atoms with Gasteiger partial charge in [0.15, 0.2) is 0 Å². The molecule has 0 radical (unpaired) electrons. The summed E-state index contributed by atoms with van der Waals surface area (Å²) in [4.78, 5) is 14.5. The van der Waals surface area contributed by atoms with Gasteiger partial charge in [-0.1, -0.05) is 0 Å². The van der Waals surface area contributed by atoms with Crippen molar-refractivity contribution in [3.8, 4) is 0 Å². The van der Waals surface area contributed by atoms with Crippen molar-refractivity contribution >= 4 is 5.91 Å². The fourth-order valence-corrected chi connectivity index (χ4v) is 2.79. The molecule has 2 saturated heterocycles. The Balaban J connectivity index is 2.02. The normalized spacial score (nSPS) is 33.5. The second kappa shape index (κ2) is 4.94. The van der Waals surface area contributed by atoms with Gasteiger partial charge in [0.1, 0.15) is 0 Å². The lowest BCUT2D eigenvalue weighted by Crippen LogP contribution is -2.61. The molecule has 0 spiro atoms. The summed E-state index contributed by atoms with van der Waals surface area (Å²) in [5.74, 6) is 0.254. The molecule has 0 aromatic rings. The van der Waals surface area contributed by atoms with Crippen LogP contribution in [0.2, 0.25) is 0 Å². The molecular weight excluding hydrogens is 216 g/mol. The Morgan fingerprint density at radius 2 is 2.18 bits per heavy atom. The van der Waals surface area contributed by atoms with Crippen LogP contribution in [0.25, 0.3) is 0 Å². The topological polar surface area (TPSA) is 41.6 Å². The maximum Gasteiger partial charge on any atom is 0.240 e. The molecule has 1 amide bonds. The highest BCUT2D eigenvalue weighted by Gasteiger charge is 2.38. The largest absolute Gasteiger partial charge is 0.377 e. The van der Waals surface area contributed by atoms with Crippen LogP contribution in [0.4, 0.5) is 0 Å². The van der Waals surface area contributed by atoms with Crippen molar-refractivity contribution in [2.24, 2.45) is 0 Å². The average Bonchev–Trinajstić information content (AvgIpc) is 2.27. The van der Waals surface area contributed by atoms with E-state index in [9.17, 15) is 4.79 Å². The molecule has 4 heteroatoms. The summed E-state index contributed by atoms with van der Waals surface area (Å²) in [5, 5.41) is 3.42. The molecule has 0 aromatic heterocycles. The average molecular weight is 240 g/mol. The van der Waals surface area contributed by atoms with E-state index in [-0.39, 0.29) is 17.5 Å². The molecule has 1 N–H and O–H groups in total. The molecule has 2 atom stereocenters. The first-order valence-corrected chi connectivity index (χ1v) is 6.66. The molecule has 0 aliphatic carbocycles. The molecule has 4 nitrogen and oxygen atoms in total.